The third-order valence-corrected chi connectivity index (χ3v) is 12.4. The molecule has 66 heavy (non-hydrogen) atoms. The number of carbonyl (C=O) groups excluding carboxylic acids is 2. The van der Waals surface area contributed by atoms with Crippen molar-refractivity contribution in [1.82, 2.24) is 24.4 Å². The molecule has 3 heterocycles. The van der Waals surface area contributed by atoms with Crippen LogP contribution in [0.1, 0.15) is 59.2 Å². The van der Waals surface area contributed by atoms with E-state index in [0.717, 1.165) is 38.9 Å². The number of nitrogens with zero attached hydrogens (tertiary/aromatic N) is 4. The zero-order valence-electron chi connectivity index (χ0n) is 36.8. The summed E-state index contributed by atoms with van der Waals surface area (Å²) < 4.78 is 31.7. The maximum Gasteiger partial charge on any atom is 0.409 e. The van der Waals surface area contributed by atoms with Crippen molar-refractivity contribution in [2.75, 3.05) is 46.3 Å². The first-order valence-electron chi connectivity index (χ1n) is 21.8. The fourth-order valence-electron chi connectivity index (χ4n) is 8.98. The first kappa shape index (κ1) is 43.9. The number of anilines is 1. The van der Waals surface area contributed by atoms with Gasteiger partial charge in [0.1, 0.15) is 36.0 Å². The van der Waals surface area contributed by atoms with E-state index >= 15 is 0 Å². The number of ether oxygens (including phenoxy) is 5. The number of rotatable bonds is 16. The molecule has 1 fully saturated rings. The first-order valence-corrected chi connectivity index (χ1v) is 21.8. The van der Waals surface area contributed by atoms with Crippen LogP contribution < -0.4 is 20.3 Å². The molecular formula is C51H50N6O9. The summed E-state index contributed by atoms with van der Waals surface area (Å²) in [5.41, 5.74) is 5.54. The van der Waals surface area contributed by atoms with Crippen LogP contribution in [0, 0.1) is 0 Å². The summed E-state index contributed by atoms with van der Waals surface area (Å²) in [5.74, 6) is 0.823. The van der Waals surface area contributed by atoms with Gasteiger partial charge in [0.05, 0.1) is 33.3 Å². The zero-order valence-corrected chi connectivity index (χ0v) is 36.8. The predicted molar refractivity (Wildman–Crippen MR) is 247 cm³/mol. The van der Waals surface area contributed by atoms with Gasteiger partial charge in [-0.15, -0.1) is 0 Å². The van der Waals surface area contributed by atoms with Gasteiger partial charge in [-0.3, -0.25) is 24.5 Å². The van der Waals surface area contributed by atoms with Crippen molar-refractivity contribution in [1.29, 1.82) is 0 Å². The number of aromatic nitrogens is 4. The SMILES string of the molecule is COc1ccc(C(OC[C@H]2O[C@@H](n3cnc4c(=O)[nH]c(NC(=O)CCCN(C)C(=O)OCC5c6ccccc6-c6ccccc65)nc43)C[C@@H]2O)(c2ccccc2)c2ccc(OC)cc2)cc1. The fraction of sp³-hybridized carbons (Fsp3) is 0.275. The number of carbonyl (C=O) groups is 2. The van der Waals surface area contributed by atoms with E-state index in [1.807, 2.05) is 103 Å². The molecule has 338 valence electrons. The molecule has 0 spiro atoms. The van der Waals surface area contributed by atoms with Crippen molar-refractivity contribution in [3.8, 4) is 22.6 Å². The van der Waals surface area contributed by atoms with E-state index < -0.39 is 41.6 Å². The van der Waals surface area contributed by atoms with E-state index in [2.05, 4.69) is 44.5 Å². The number of aliphatic hydroxyl groups is 1. The van der Waals surface area contributed by atoms with Crippen molar-refractivity contribution in [3.05, 3.63) is 172 Å². The number of aliphatic hydroxyl groups excluding tert-OH is 1. The number of nitrogens with one attached hydrogen (secondary N) is 2. The van der Waals surface area contributed by atoms with Crippen LogP contribution in [0.25, 0.3) is 22.3 Å². The molecule has 2 aromatic heterocycles. The van der Waals surface area contributed by atoms with Crippen LogP contribution in [0.4, 0.5) is 10.7 Å². The smallest absolute Gasteiger partial charge is 0.409 e. The lowest BCUT2D eigenvalue weighted by molar-refractivity contribution is -0.116. The maximum absolute atomic E-state index is 13.2. The summed E-state index contributed by atoms with van der Waals surface area (Å²) in [7, 11) is 4.85. The molecular weight excluding hydrogens is 841 g/mol. The lowest BCUT2D eigenvalue weighted by Crippen LogP contribution is -2.38. The summed E-state index contributed by atoms with van der Waals surface area (Å²) in [4.78, 5) is 52.2. The molecule has 15 heteroatoms. The second kappa shape index (κ2) is 19.0. The van der Waals surface area contributed by atoms with Gasteiger partial charge in [0.2, 0.25) is 11.9 Å². The largest absolute Gasteiger partial charge is 0.497 e. The van der Waals surface area contributed by atoms with Gasteiger partial charge in [-0.05, 0) is 69.6 Å². The Kier molecular flexibility index (Phi) is 12.7. The number of hydrogen-bond acceptors (Lipinski definition) is 11. The van der Waals surface area contributed by atoms with Gasteiger partial charge < -0.3 is 33.7 Å². The third-order valence-electron chi connectivity index (χ3n) is 12.4. The van der Waals surface area contributed by atoms with Gasteiger partial charge in [-0.25, -0.2) is 9.78 Å². The normalized spacial score (nSPS) is 16.7. The molecule has 3 N–H and O–H groups in total. The van der Waals surface area contributed by atoms with E-state index in [-0.39, 0.29) is 55.6 Å². The summed E-state index contributed by atoms with van der Waals surface area (Å²) in [6.45, 7) is 0.432. The summed E-state index contributed by atoms with van der Waals surface area (Å²) in [6.07, 6.45) is -1.05. The van der Waals surface area contributed by atoms with Crippen molar-refractivity contribution in [3.63, 3.8) is 0 Å². The van der Waals surface area contributed by atoms with Crippen molar-refractivity contribution in [2.24, 2.45) is 0 Å². The van der Waals surface area contributed by atoms with Crippen LogP contribution in [0.5, 0.6) is 11.5 Å². The number of hydrogen-bond donors (Lipinski definition) is 3. The van der Waals surface area contributed by atoms with E-state index in [0.29, 0.717) is 17.9 Å². The Morgan fingerprint density at radius 3 is 2.05 bits per heavy atom. The Morgan fingerprint density at radius 2 is 1.42 bits per heavy atom. The van der Waals surface area contributed by atoms with Crippen LogP contribution in [0.15, 0.2) is 139 Å². The molecule has 15 nitrogen and oxygen atoms in total. The molecule has 1 aliphatic carbocycles. The van der Waals surface area contributed by atoms with Crippen LogP contribution in [0.3, 0.4) is 0 Å². The Balaban J connectivity index is 0.845. The molecule has 0 unspecified atom stereocenters. The highest BCUT2D eigenvalue weighted by Gasteiger charge is 2.42. The Bertz CT molecular complexity index is 2790. The Hall–Kier alpha value is -7.33. The molecule has 7 aromatic rings. The third kappa shape index (κ3) is 8.63. The van der Waals surface area contributed by atoms with Gasteiger partial charge >= 0.3 is 6.09 Å². The number of imidazole rings is 1. The first-order chi connectivity index (χ1) is 32.2. The van der Waals surface area contributed by atoms with Crippen LogP contribution in [0.2, 0.25) is 0 Å². The zero-order chi connectivity index (χ0) is 45.8. The number of aromatic amines is 1. The highest BCUT2D eigenvalue weighted by atomic mass is 16.6. The highest BCUT2D eigenvalue weighted by Crippen LogP contribution is 2.45. The van der Waals surface area contributed by atoms with Gasteiger partial charge in [0.25, 0.3) is 5.56 Å². The molecule has 3 atom stereocenters. The van der Waals surface area contributed by atoms with E-state index in [4.69, 9.17) is 23.7 Å². The van der Waals surface area contributed by atoms with E-state index in [1.54, 1.807) is 25.8 Å². The monoisotopic (exact) mass is 890 g/mol. The molecule has 9 rings (SSSR count). The summed E-state index contributed by atoms with van der Waals surface area (Å²) in [6, 6.07) is 41.4. The molecule has 0 radical (unpaired) electrons. The minimum atomic E-state index is -1.14. The van der Waals surface area contributed by atoms with Crippen LogP contribution in [-0.2, 0) is 24.6 Å². The quantitative estimate of drug-likeness (QED) is 0.0824. The van der Waals surface area contributed by atoms with Crippen molar-refractivity contribution < 1.29 is 38.4 Å². The van der Waals surface area contributed by atoms with Crippen LogP contribution >= 0.6 is 0 Å². The van der Waals surface area contributed by atoms with Crippen molar-refractivity contribution >= 4 is 29.1 Å². The maximum atomic E-state index is 13.2. The van der Waals surface area contributed by atoms with E-state index in [9.17, 15) is 19.5 Å². The second-order valence-corrected chi connectivity index (χ2v) is 16.4. The number of amides is 2. The van der Waals surface area contributed by atoms with Crippen LogP contribution in [-0.4, -0.2) is 94.8 Å². The topological polar surface area (TPSA) is 179 Å². The molecule has 0 bridgehead atoms. The molecule has 2 amide bonds. The standard InChI is InChI=1S/C51H50N6O9/c1-56(50(61)64-29-41-39-16-9-7-14-37(39)38-15-8-10-17-40(38)41)27-11-18-44(59)53-49-54-47-46(48(60)55-49)52-31-57(47)45-28-42(58)43(66-45)30-65-51(32-12-5-4-6-13-32,33-19-23-35(62-2)24-20-33)34-21-25-36(63-3)26-22-34/h4-10,12-17,19-26,31,41-43,45,58H,11,18,27-30H2,1-3H3,(H2,53,54,55,59,60)/t42-,43+,45+/m0/s1. The molecule has 2 aliphatic rings. The number of methoxy groups -OCH3 is 2. The van der Waals surface area contributed by atoms with Crippen molar-refractivity contribution in [2.45, 2.75) is 49.2 Å². The van der Waals surface area contributed by atoms with Gasteiger partial charge in [-0.1, -0.05) is 103 Å². The fourth-order valence-corrected chi connectivity index (χ4v) is 8.98. The second-order valence-electron chi connectivity index (χ2n) is 16.4. The van der Waals surface area contributed by atoms with E-state index in [1.165, 1.54) is 11.2 Å². The van der Waals surface area contributed by atoms with Gasteiger partial charge in [-0.2, -0.15) is 4.98 Å². The summed E-state index contributed by atoms with van der Waals surface area (Å²) in [5, 5.41) is 14.1. The molecule has 1 saturated heterocycles. The highest BCUT2D eigenvalue weighted by molar-refractivity contribution is 5.89. The average molecular weight is 891 g/mol. The number of H-pyrrole nitrogens is 1. The average Bonchev–Trinajstić information content (AvgIpc) is 4.04. The lowest BCUT2D eigenvalue weighted by Gasteiger charge is -2.37. The summed E-state index contributed by atoms with van der Waals surface area (Å²) >= 11 is 0. The van der Waals surface area contributed by atoms with Gasteiger partial charge in [0.15, 0.2) is 11.2 Å². The minimum Gasteiger partial charge on any atom is -0.497 e. The molecule has 1 aliphatic heterocycles. The molecule has 5 aromatic carbocycles. The minimum absolute atomic E-state index is 0.0247. The molecule has 0 saturated carbocycles. The predicted octanol–water partition coefficient (Wildman–Crippen LogP) is 7.39. The lowest BCUT2D eigenvalue weighted by atomic mass is 9.80. The Labute approximate surface area is 380 Å². The number of benzene rings is 5. The Morgan fingerprint density at radius 1 is 0.833 bits per heavy atom. The number of fused-ring (bicyclic) bond motifs is 4. The van der Waals surface area contributed by atoms with Gasteiger partial charge in [0, 0.05) is 32.4 Å².